The first-order chi connectivity index (χ1) is 15.5. The molecular formula is C24H26FN3O4. The molecule has 0 saturated carbocycles. The van der Waals surface area contributed by atoms with Gasteiger partial charge in [-0.2, -0.15) is 0 Å². The molecule has 1 fully saturated rings. The Kier molecular flexibility index (Phi) is 7.03. The van der Waals surface area contributed by atoms with Crippen LogP contribution < -0.4 is 15.3 Å². The van der Waals surface area contributed by atoms with Crippen LogP contribution in [0.5, 0.6) is 11.5 Å². The maximum absolute atomic E-state index is 13.2. The lowest BCUT2D eigenvalue weighted by atomic mass is 10.1. The van der Waals surface area contributed by atoms with E-state index >= 15 is 0 Å². The fraction of sp³-hybridized carbons (Fsp3) is 0.292. The molecule has 0 spiro atoms. The molecule has 2 aliphatic heterocycles. The van der Waals surface area contributed by atoms with Crippen molar-refractivity contribution >= 4 is 6.09 Å². The smallest absolute Gasteiger partial charge is 0.414 e. The minimum atomic E-state index is -0.392. The minimum Gasteiger partial charge on any atom is -0.489 e. The third kappa shape index (κ3) is 6.09. The highest BCUT2D eigenvalue weighted by molar-refractivity contribution is 5.70. The summed E-state index contributed by atoms with van der Waals surface area (Å²) in [6, 6.07) is 13.5. The third-order valence-electron chi connectivity index (χ3n) is 5.17. The number of amides is 1. The number of carbonyl (C=O) groups excluding carboxylic acids is 1. The van der Waals surface area contributed by atoms with Crippen LogP contribution in [-0.2, 0) is 11.3 Å². The van der Waals surface area contributed by atoms with E-state index in [-0.39, 0.29) is 18.5 Å². The van der Waals surface area contributed by atoms with Gasteiger partial charge in [0.25, 0.3) is 0 Å². The third-order valence-corrected chi connectivity index (χ3v) is 5.17. The molecule has 0 radical (unpaired) electrons. The Hall–Kier alpha value is -3.36. The van der Waals surface area contributed by atoms with Crippen molar-refractivity contribution in [3.8, 4) is 11.5 Å². The average molecular weight is 439 g/mol. The largest absolute Gasteiger partial charge is 0.489 e. The Labute approximate surface area is 186 Å². The summed E-state index contributed by atoms with van der Waals surface area (Å²) in [6.07, 6.45) is 6.34. The molecule has 2 N–H and O–H groups in total. The highest BCUT2D eigenvalue weighted by Gasteiger charge is 2.24. The molecule has 1 unspecified atom stereocenters. The molecule has 0 bridgehead atoms. The molecule has 0 aliphatic carbocycles. The van der Waals surface area contributed by atoms with Crippen molar-refractivity contribution in [3.05, 3.63) is 84.0 Å². The highest BCUT2D eigenvalue weighted by atomic mass is 19.1. The molecule has 32 heavy (non-hydrogen) atoms. The van der Waals surface area contributed by atoms with E-state index in [1.165, 1.54) is 17.0 Å². The number of ether oxygens (including phenoxy) is 3. The number of rotatable bonds is 6. The molecule has 0 aromatic heterocycles. The van der Waals surface area contributed by atoms with Gasteiger partial charge in [0.1, 0.15) is 35.8 Å². The van der Waals surface area contributed by atoms with E-state index in [1.54, 1.807) is 47.6 Å². The van der Waals surface area contributed by atoms with E-state index in [9.17, 15) is 9.18 Å². The Balaban J connectivity index is 1.24. The lowest BCUT2D eigenvalue weighted by Gasteiger charge is -2.30. The fourth-order valence-corrected chi connectivity index (χ4v) is 3.50. The van der Waals surface area contributed by atoms with E-state index in [2.05, 4.69) is 0 Å². The van der Waals surface area contributed by atoms with Crippen LogP contribution in [0.25, 0.3) is 0 Å². The van der Waals surface area contributed by atoms with Crippen LogP contribution in [0.2, 0.25) is 0 Å². The van der Waals surface area contributed by atoms with Gasteiger partial charge in [0.15, 0.2) is 0 Å². The quantitative estimate of drug-likeness (QED) is 0.687. The molecule has 7 nitrogen and oxygen atoms in total. The molecule has 1 saturated heterocycles. The molecule has 2 aliphatic rings. The number of nitrogens with two attached hydrogens (primary N) is 1. The number of nitrogens with zero attached hydrogens (tertiary/aromatic N) is 2. The molecule has 1 atom stereocenters. The number of hydrazine groups is 1. The molecule has 4 rings (SSSR count). The Morgan fingerprint density at radius 1 is 1.16 bits per heavy atom. The Morgan fingerprint density at radius 3 is 2.69 bits per heavy atom. The summed E-state index contributed by atoms with van der Waals surface area (Å²) in [5.74, 6) is 7.44. The van der Waals surface area contributed by atoms with Crippen LogP contribution in [0.3, 0.4) is 0 Å². The van der Waals surface area contributed by atoms with Gasteiger partial charge >= 0.3 is 6.09 Å². The number of benzene rings is 2. The van der Waals surface area contributed by atoms with Gasteiger partial charge in [0.05, 0.1) is 13.1 Å². The topological polar surface area (TPSA) is 77.3 Å². The zero-order valence-electron chi connectivity index (χ0n) is 17.7. The van der Waals surface area contributed by atoms with Gasteiger partial charge in [0.2, 0.25) is 0 Å². The van der Waals surface area contributed by atoms with Crippen molar-refractivity contribution in [2.24, 2.45) is 5.84 Å². The van der Waals surface area contributed by atoms with Crippen molar-refractivity contribution in [1.82, 2.24) is 9.91 Å². The van der Waals surface area contributed by atoms with E-state index in [0.717, 1.165) is 24.9 Å². The van der Waals surface area contributed by atoms with Crippen LogP contribution in [0.1, 0.15) is 18.4 Å². The summed E-state index contributed by atoms with van der Waals surface area (Å²) < 4.78 is 30.3. The number of piperidine rings is 1. The van der Waals surface area contributed by atoms with Gasteiger partial charge < -0.3 is 14.2 Å². The highest BCUT2D eigenvalue weighted by Crippen LogP contribution is 2.22. The Morgan fingerprint density at radius 2 is 1.97 bits per heavy atom. The lowest BCUT2D eigenvalue weighted by Crippen LogP contribution is -2.45. The zero-order chi connectivity index (χ0) is 22.3. The monoisotopic (exact) mass is 439 g/mol. The predicted octanol–water partition coefficient (Wildman–Crippen LogP) is 3.97. The summed E-state index contributed by atoms with van der Waals surface area (Å²) >= 11 is 0. The second-order valence-corrected chi connectivity index (χ2v) is 7.71. The van der Waals surface area contributed by atoms with Crippen LogP contribution in [0.15, 0.2) is 72.6 Å². The first-order valence-corrected chi connectivity index (χ1v) is 10.6. The van der Waals surface area contributed by atoms with Gasteiger partial charge in [-0.1, -0.05) is 12.1 Å². The fourth-order valence-electron chi connectivity index (χ4n) is 3.50. The van der Waals surface area contributed by atoms with Crippen molar-refractivity contribution in [3.63, 3.8) is 0 Å². The van der Waals surface area contributed by atoms with Crippen LogP contribution in [0.4, 0.5) is 9.18 Å². The van der Waals surface area contributed by atoms with Gasteiger partial charge in [-0.3, -0.25) is 10.7 Å². The minimum absolute atomic E-state index is 0.182. The van der Waals surface area contributed by atoms with E-state index < -0.39 is 6.09 Å². The normalized spacial score (nSPS) is 18.8. The first kappa shape index (κ1) is 21.9. The second kappa shape index (κ2) is 10.3. The molecule has 2 aromatic carbocycles. The van der Waals surface area contributed by atoms with E-state index in [1.807, 2.05) is 12.1 Å². The number of hydrogen-bond donors (Lipinski definition) is 1. The van der Waals surface area contributed by atoms with Crippen molar-refractivity contribution < 1.29 is 23.4 Å². The summed E-state index contributed by atoms with van der Waals surface area (Å²) in [5.41, 5.74) is 0.759. The van der Waals surface area contributed by atoms with Gasteiger partial charge in [-0.25, -0.2) is 14.2 Å². The summed E-state index contributed by atoms with van der Waals surface area (Å²) in [4.78, 5) is 13.8. The lowest BCUT2D eigenvalue weighted by molar-refractivity contribution is 0.0292. The number of allylic oxidation sites excluding steroid dienone is 1. The summed E-state index contributed by atoms with van der Waals surface area (Å²) in [6.45, 7) is 2.01. The number of halogens is 1. The van der Waals surface area contributed by atoms with Gasteiger partial charge in [-0.15, -0.1) is 0 Å². The van der Waals surface area contributed by atoms with Crippen LogP contribution in [-0.4, -0.2) is 41.7 Å². The van der Waals surface area contributed by atoms with Crippen molar-refractivity contribution in [2.75, 3.05) is 19.6 Å². The SMILES string of the molecule is NN1CCCC(OC(=O)N2C=CC(Oc3ccc(OCc4cccc(F)c4)cc3)=CC2)C1. The molecule has 1 amide bonds. The van der Waals surface area contributed by atoms with Gasteiger partial charge in [-0.05, 0) is 67.0 Å². The average Bonchev–Trinajstić information content (AvgIpc) is 2.79. The maximum atomic E-state index is 13.2. The van der Waals surface area contributed by atoms with Crippen LogP contribution in [0, 0.1) is 5.82 Å². The van der Waals surface area contributed by atoms with E-state index in [0.29, 0.717) is 30.3 Å². The standard InChI is InChI=1S/C24H26FN3O4/c25-19-4-1-3-18(15-19)17-30-20-6-8-21(9-7-20)31-22-10-13-27(14-11-22)24(29)32-23-5-2-12-28(26)16-23/h1,3-4,6-11,13,15,23H,2,5,12,14,16-17,26H2. The molecule has 2 aromatic rings. The molecule has 168 valence electrons. The predicted molar refractivity (Wildman–Crippen MR) is 117 cm³/mol. The van der Waals surface area contributed by atoms with E-state index in [4.69, 9.17) is 20.1 Å². The summed E-state index contributed by atoms with van der Waals surface area (Å²) in [5, 5.41) is 1.68. The second-order valence-electron chi connectivity index (χ2n) is 7.71. The molecular weight excluding hydrogens is 413 g/mol. The van der Waals surface area contributed by atoms with Crippen molar-refractivity contribution in [1.29, 1.82) is 0 Å². The maximum Gasteiger partial charge on any atom is 0.414 e. The van der Waals surface area contributed by atoms with Gasteiger partial charge in [0, 0.05) is 12.7 Å². The van der Waals surface area contributed by atoms with Crippen molar-refractivity contribution in [2.45, 2.75) is 25.6 Å². The molecule has 2 heterocycles. The van der Waals surface area contributed by atoms with Crippen LogP contribution >= 0.6 is 0 Å². The zero-order valence-corrected chi connectivity index (χ0v) is 17.7. The Bertz CT molecular complexity index is 993. The number of carbonyl (C=O) groups is 1. The first-order valence-electron chi connectivity index (χ1n) is 10.6. The number of hydrogen-bond acceptors (Lipinski definition) is 6. The molecule has 8 heteroatoms. The summed E-state index contributed by atoms with van der Waals surface area (Å²) in [7, 11) is 0.